The summed E-state index contributed by atoms with van der Waals surface area (Å²) in [6.07, 6.45) is -16.2. The lowest BCUT2D eigenvalue weighted by molar-refractivity contribution is -0.456. The molecule has 0 bridgehead atoms. The van der Waals surface area contributed by atoms with Crippen molar-refractivity contribution in [2.45, 2.75) is 92.8 Å². The molecule has 2 fully saturated rings. The van der Waals surface area contributed by atoms with Gasteiger partial charge in [0, 0.05) is 18.1 Å². The summed E-state index contributed by atoms with van der Waals surface area (Å²) < 4.78 is 28.7. The largest absolute Gasteiger partial charge is 0.504 e. The highest BCUT2D eigenvalue weighted by atomic mass is 16.8. The summed E-state index contributed by atoms with van der Waals surface area (Å²) in [4.78, 5) is 58.3. The molecule has 4 heterocycles. The highest BCUT2D eigenvalue weighted by Crippen LogP contribution is 2.41. The summed E-state index contributed by atoms with van der Waals surface area (Å²) in [5, 5.41) is 114. The minimum Gasteiger partial charge on any atom is -0.504 e. The quantitative estimate of drug-likeness (QED) is 0.0508. The number of phenolic OH excluding ortho intramolecular Hbond substituents is 1. The van der Waals surface area contributed by atoms with E-state index in [1.807, 2.05) is 0 Å². The van der Waals surface area contributed by atoms with Crippen molar-refractivity contribution < 1.29 is 108 Å². The molecule has 0 radical (unpaired) electrons. The number of rotatable bonds is 13. The van der Waals surface area contributed by atoms with Crippen molar-refractivity contribution in [3.05, 3.63) is 41.1 Å². The van der Waals surface area contributed by atoms with Gasteiger partial charge in [0.25, 0.3) is 6.04 Å². The molecule has 4 aliphatic heterocycles. The first kappa shape index (κ1) is 41.9. The van der Waals surface area contributed by atoms with Gasteiger partial charge < -0.3 is 85.2 Å². The number of aliphatic hydroxyl groups excluding tert-OH is 6. The molecule has 0 aromatic heterocycles. The molecule has 12 atom stereocenters. The third kappa shape index (κ3) is 9.07. The van der Waals surface area contributed by atoms with Gasteiger partial charge in [-0.25, -0.2) is 14.4 Å². The Balaban J connectivity index is 1.47. The molecule has 12 N–H and O–H groups in total. The fraction of sp³-hybridized carbons (Fsp3) is 0.515. The van der Waals surface area contributed by atoms with E-state index < -0.39 is 140 Å². The van der Waals surface area contributed by atoms with Gasteiger partial charge in [-0.2, -0.15) is 4.58 Å². The zero-order chi connectivity index (χ0) is 41.2. The highest BCUT2D eigenvalue weighted by molar-refractivity contribution is 5.90. The standard InChI is InChI=1S/C33H38N2O21/c36-9-19-23(41)25(43)27(45)32(54-19)56-28-26(44)24(42)20(10-52-22(40)8-21(38)39)55-33(28)53-18-6-12-5-16(31(50)51)35(15(12)7-17(18)37)2-1-11-3-13(29(46)47)34-14(4-11)30(48)49/h1-3,6-7,14,16,19-20,23-28,32-33,36,41-45H,4-5,8-10H2,(H5,37,38,39,46,47,48,49,50,51)/p+1/t14?,16-,19+,20+,23+,24+,25-,26-,27+,28+,32-,33+/m0/s1. The zero-order valence-corrected chi connectivity index (χ0v) is 28.8. The lowest BCUT2D eigenvalue weighted by Gasteiger charge is -2.45. The maximum atomic E-state index is 12.3. The van der Waals surface area contributed by atoms with Gasteiger partial charge in [-0.1, -0.05) is 0 Å². The Hall–Kier alpha value is -5.24. The number of nitrogens with one attached hydrogen (secondary N) is 1. The minimum absolute atomic E-state index is 0.127. The molecular formula is C33H39N2O21+. The number of benzene rings is 1. The Morgan fingerprint density at radius 3 is 2.16 bits per heavy atom. The lowest BCUT2D eigenvalue weighted by Crippen LogP contribution is -2.65. The molecule has 1 unspecified atom stereocenters. The van der Waals surface area contributed by atoms with E-state index in [1.165, 1.54) is 29.0 Å². The average molecular weight is 800 g/mol. The van der Waals surface area contributed by atoms with Gasteiger partial charge in [0.2, 0.25) is 12.0 Å². The summed E-state index contributed by atoms with van der Waals surface area (Å²) >= 11 is 0. The SMILES string of the molecule is O=C(O)CC(=O)OC[C@H]1O[C@@H](Oc2cc3c(cc2O)[N+](=CC=C2C=C(C(=O)O)NC(C(=O)O)C2)[C@H](C(=O)O)C3)[C@H](O[C@@H]2O[C@H](CO)[C@@H](O)[C@H](O)[C@H]2O)[C@@H](O)[C@@H]1O. The van der Waals surface area contributed by atoms with E-state index in [1.54, 1.807) is 0 Å². The number of allylic oxidation sites excluding steroid dienone is 2. The molecular weight excluding hydrogens is 760 g/mol. The summed E-state index contributed by atoms with van der Waals surface area (Å²) in [5.41, 5.74) is 0.190. The predicted molar refractivity (Wildman–Crippen MR) is 175 cm³/mol. The summed E-state index contributed by atoms with van der Waals surface area (Å²) in [6, 6.07) is -0.299. The van der Waals surface area contributed by atoms with Crippen LogP contribution in [0, 0.1) is 0 Å². The summed E-state index contributed by atoms with van der Waals surface area (Å²) in [7, 11) is 0. The molecule has 0 saturated carbocycles. The van der Waals surface area contributed by atoms with E-state index in [-0.39, 0.29) is 29.7 Å². The first-order valence-corrected chi connectivity index (χ1v) is 16.8. The number of aliphatic hydroxyl groups is 6. The maximum Gasteiger partial charge on any atom is 0.373 e. The Morgan fingerprint density at radius 1 is 0.857 bits per heavy atom. The number of carboxylic acids is 4. The van der Waals surface area contributed by atoms with Gasteiger partial charge in [0.05, 0.1) is 19.1 Å². The third-order valence-electron chi connectivity index (χ3n) is 9.28. The fourth-order valence-electron chi connectivity index (χ4n) is 6.38. The molecule has 1 aromatic rings. The Kier molecular flexibility index (Phi) is 12.9. The van der Waals surface area contributed by atoms with Crippen LogP contribution in [0.25, 0.3) is 0 Å². The van der Waals surface area contributed by atoms with Crippen LogP contribution in [0.5, 0.6) is 11.5 Å². The molecule has 4 aliphatic rings. The van der Waals surface area contributed by atoms with Crippen LogP contribution in [0.3, 0.4) is 0 Å². The second kappa shape index (κ2) is 17.3. The first-order chi connectivity index (χ1) is 26.4. The number of hydrogen-bond donors (Lipinski definition) is 12. The van der Waals surface area contributed by atoms with E-state index in [4.69, 9.17) is 28.8 Å². The number of esters is 1. The number of carbonyl (C=O) groups excluding carboxylic acids is 1. The van der Waals surface area contributed by atoms with Crippen LogP contribution in [0.15, 0.2) is 35.6 Å². The van der Waals surface area contributed by atoms with Crippen molar-refractivity contribution in [2.75, 3.05) is 13.2 Å². The van der Waals surface area contributed by atoms with Crippen LogP contribution < -0.4 is 10.1 Å². The summed E-state index contributed by atoms with van der Waals surface area (Å²) in [5.74, 6) is -7.93. The van der Waals surface area contributed by atoms with Gasteiger partial charge in [-0.15, -0.1) is 0 Å². The van der Waals surface area contributed by atoms with E-state index in [2.05, 4.69) is 5.32 Å². The van der Waals surface area contributed by atoms with Crippen molar-refractivity contribution in [1.29, 1.82) is 0 Å². The first-order valence-electron chi connectivity index (χ1n) is 16.8. The number of aromatic hydroxyl groups is 1. The molecule has 0 aliphatic carbocycles. The topological polar surface area (TPSA) is 369 Å². The van der Waals surface area contributed by atoms with Gasteiger partial charge in [-0.3, -0.25) is 9.59 Å². The fourth-order valence-corrected chi connectivity index (χ4v) is 6.38. The van der Waals surface area contributed by atoms with Crippen molar-refractivity contribution >= 4 is 41.7 Å². The Morgan fingerprint density at radius 2 is 1.54 bits per heavy atom. The van der Waals surface area contributed by atoms with Crippen molar-refractivity contribution in [3.63, 3.8) is 0 Å². The lowest BCUT2D eigenvalue weighted by atomic mass is 9.97. The van der Waals surface area contributed by atoms with Gasteiger partial charge in [0.15, 0.2) is 30.1 Å². The normalized spacial score (nSPS) is 34.2. The van der Waals surface area contributed by atoms with E-state index in [9.17, 15) is 75.0 Å². The van der Waals surface area contributed by atoms with Gasteiger partial charge in [0.1, 0.15) is 67.5 Å². The van der Waals surface area contributed by atoms with Gasteiger partial charge in [-0.05, 0) is 17.7 Å². The van der Waals surface area contributed by atoms with Crippen molar-refractivity contribution in [3.8, 4) is 11.5 Å². The molecule has 5 rings (SSSR count). The zero-order valence-electron chi connectivity index (χ0n) is 28.8. The number of aliphatic carboxylic acids is 4. The molecule has 306 valence electrons. The second-order valence-electron chi connectivity index (χ2n) is 13.1. The van der Waals surface area contributed by atoms with Crippen LogP contribution >= 0.6 is 0 Å². The van der Waals surface area contributed by atoms with Crippen LogP contribution in [0.1, 0.15) is 18.4 Å². The van der Waals surface area contributed by atoms with E-state index in [0.29, 0.717) is 0 Å². The van der Waals surface area contributed by atoms with E-state index in [0.717, 1.165) is 6.07 Å². The van der Waals surface area contributed by atoms with Crippen molar-refractivity contribution in [2.24, 2.45) is 0 Å². The molecule has 23 nitrogen and oxygen atoms in total. The van der Waals surface area contributed by atoms with Crippen LogP contribution in [-0.2, 0) is 49.3 Å². The molecule has 0 amide bonds. The molecule has 23 heteroatoms. The number of carbonyl (C=O) groups is 5. The summed E-state index contributed by atoms with van der Waals surface area (Å²) in [6.45, 7) is -1.69. The maximum absolute atomic E-state index is 12.3. The third-order valence-corrected chi connectivity index (χ3v) is 9.28. The number of hydrogen-bond acceptors (Lipinski definition) is 18. The molecule has 2 saturated heterocycles. The average Bonchev–Trinajstić information content (AvgIpc) is 3.49. The van der Waals surface area contributed by atoms with E-state index >= 15 is 0 Å². The number of fused-ring (bicyclic) bond motifs is 1. The highest BCUT2D eigenvalue weighted by Gasteiger charge is 2.52. The predicted octanol–water partition coefficient (Wildman–Crippen LogP) is -4.51. The number of nitrogens with zero attached hydrogens (tertiary/aromatic N) is 1. The molecule has 0 spiro atoms. The minimum atomic E-state index is -2.05. The molecule has 56 heavy (non-hydrogen) atoms. The van der Waals surface area contributed by atoms with Crippen molar-refractivity contribution in [1.82, 2.24) is 5.32 Å². The van der Waals surface area contributed by atoms with Crippen LogP contribution in [-0.4, -0.2) is 184 Å². The van der Waals surface area contributed by atoms with Gasteiger partial charge >= 0.3 is 29.8 Å². The monoisotopic (exact) mass is 799 g/mol. The second-order valence-corrected chi connectivity index (χ2v) is 13.1. The Bertz CT molecular complexity index is 1810. The smallest absolute Gasteiger partial charge is 0.373 e. The van der Waals surface area contributed by atoms with Crippen LogP contribution in [0.2, 0.25) is 0 Å². The molecule has 1 aromatic carbocycles. The number of ether oxygens (including phenoxy) is 5. The van der Waals surface area contributed by atoms with Crippen LogP contribution in [0.4, 0.5) is 5.69 Å². The Labute approximate surface area is 314 Å². The number of carboxylic acid groups (broad SMARTS) is 4. The number of phenols is 1.